The number of anilines is 3. The number of fused-ring (bicyclic) bond motifs is 2. The van der Waals surface area contributed by atoms with E-state index >= 15 is 0 Å². The monoisotopic (exact) mass is 869 g/mol. The first-order valence-electron chi connectivity index (χ1n) is 23.0. The highest BCUT2D eigenvalue weighted by Gasteiger charge is 2.18. The molecule has 0 radical (unpaired) electrons. The first-order valence-corrected chi connectivity index (χ1v) is 23.0. The maximum absolute atomic E-state index is 6.08. The highest BCUT2D eigenvalue weighted by atomic mass is 16.4. The molecule has 0 aliphatic carbocycles. The van der Waals surface area contributed by atoms with Gasteiger partial charge in [0.25, 0.3) is 0 Å². The van der Waals surface area contributed by atoms with Crippen molar-refractivity contribution < 1.29 is 4.42 Å². The van der Waals surface area contributed by atoms with Gasteiger partial charge in [-0.05, 0) is 138 Å². The molecule has 4 nitrogen and oxygen atoms in total. The van der Waals surface area contributed by atoms with E-state index < -0.39 is 0 Å². The summed E-state index contributed by atoms with van der Waals surface area (Å²) in [6.07, 6.45) is 0. The molecule has 0 fully saturated rings. The Labute approximate surface area is 395 Å². The van der Waals surface area contributed by atoms with Crippen LogP contribution >= 0.6 is 0 Å². The topological polar surface area (TPSA) is 42.2 Å². The van der Waals surface area contributed by atoms with Crippen molar-refractivity contribution in [3.05, 3.63) is 261 Å². The first kappa shape index (κ1) is 40.4. The third kappa shape index (κ3) is 7.70. The molecule has 68 heavy (non-hydrogen) atoms. The fourth-order valence-electron chi connectivity index (χ4n) is 9.54. The summed E-state index contributed by atoms with van der Waals surface area (Å²) < 4.78 is 6.08. The summed E-state index contributed by atoms with van der Waals surface area (Å²) in [6, 6.07) is 92.8. The summed E-state index contributed by atoms with van der Waals surface area (Å²) in [5.41, 5.74) is 16.7. The quantitative estimate of drug-likeness (QED) is 0.137. The summed E-state index contributed by atoms with van der Waals surface area (Å²) in [5, 5.41) is 13.6. The summed E-state index contributed by atoms with van der Waals surface area (Å²) in [6.45, 7) is 0. The lowest BCUT2D eigenvalue weighted by Crippen LogP contribution is -2.09. The summed E-state index contributed by atoms with van der Waals surface area (Å²) in [7, 11) is 0. The molecule has 1 aromatic heterocycles. The van der Waals surface area contributed by atoms with Crippen LogP contribution in [0.15, 0.2) is 265 Å². The maximum Gasteiger partial charge on any atom is 0.248 e. The smallest absolute Gasteiger partial charge is 0.248 e. The van der Waals surface area contributed by atoms with Gasteiger partial charge in [0.1, 0.15) is 0 Å². The SMILES string of the molecule is c1ccc(-c2nnc(-c3ccc(-c4ccccc4-c4ccccc4-c4ccc(N(c5ccc(-c6cccc7ccccc67)cc5)c5ccc(-c6cccc7ccccc67)cc5)cc4)cc3)o2)cc1. The number of nitrogens with zero attached hydrogens (tertiary/aromatic N) is 3. The molecule has 0 saturated carbocycles. The Bertz CT molecular complexity index is 3580. The van der Waals surface area contributed by atoms with Crippen LogP contribution in [0.4, 0.5) is 17.1 Å². The Kier molecular flexibility index (Phi) is 10.5. The van der Waals surface area contributed by atoms with E-state index in [9.17, 15) is 0 Å². The molecule has 12 aromatic rings. The van der Waals surface area contributed by atoms with Gasteiger partial charge < -0.3 is 9.32 Å². The Morgan fingerprint density at radius 2 is 0.544 bits per heavy atom. The van der Waals surface area contributed by atoms with Crippen LogP contribution in [-0.2, 0) is 0 Å². The molecule has 0 saturated heterocycles. The van der Waals surface area contributed by atoms with Gasteiger partial charge in [0, 0.05) is 28.2 Å². The van der Waals surface area contributed by atoms with Crippen LogP contribution in [0.2, 0.25) is 0 Å². The van der Waals surface area contributed by atoms with Gasteiger partial charge in [-0.3, -0.25) is 0 Å². The lowest BCUT2D eigenvalue weighted by molar-refractivity contribution is 0.584. The summed E-state index contributed by atoms with van der Waals surface area (Å²) >= 11 is 0. The normalized spacial score (nSPS) is 11.2. The zero-order valence-electron chi connectivity index (χ0n) is 37.1. The minimum Gasteiger partial charge on any atom is -0.416 e. The Hall–Kier alpha value is -9.12. The Balaban J connectivity index is 0.885. The van der Waals surface area contributed by atoms with E-state index in [1.807, 2.05) is 30.3 Å². The van der Waals surface area contributed by atoms with Gasteiger partial charge in [0.15, 0.2) is 0 Å². The third-order valence-corrected chi connectivity index (χ3v) is 12.9. The summed E-state index contributed by atoms with van der Waals surface area (Å²) in [5.74, 6) is 0.997. The van der Waals surface area contributed by atoms with Crippen LogP contribution in [0, 0.1) is 0 Å². The third-order valence-electron chi connectivity index (χ3n) is 12.9. The molecule has 12 rings (SSSR count). The molecule has 0 unspecified atom stereocenters. The van der Waals surface area contributed by atoms with E-state index in [0.717, 1.165) is 61.6 Å². The average molecular weight is 870 g/mol. The van der Waals surface area contributed by atoms with Crippen molar-refractivity contribution in [2.45, 2.75) is 0 Å². The molecule has 0 aliphatic rings. The summed E-state index contributed by atoms with van der Waals surface area (Å²) in [4.78, 5) is 2.35. The largest absolute Gasteiger partial charge is 0.416 e. The number of benzene rings is 11. The van der Waals surface area contributed by atoms with Crippen molar-refractivity contribution in [2.75, 3.05) is 4.90 Å². The zero-order chi connectivity index (χ0) is 45.2. The number of hydrogen-bond donors (Lipinski definition) is 0. The molecular weight excluding hydrogens is 827 g/mol. The van der Waals surface area contributed by atoms with Crippen LogP contribution in [-0.4, -0.2) is 10.2 Å². The number of hydrogen-bond acceptors (Lipinski definition) is 4. The van der Waals surface area contributed by atoms with E-state index in [4.69, 9.17) is 4.42 Å². The number of rotatable bonds is 10. The van der Waals surface area contributed by atoms with E-state index in [0.29, 0.717) is 11.8 Å². The minimum atomic E-state index is 0.493. The molecule has 1 heterocycles. The molecule has 11 aromatic carbocycles. The average Bonchev–Trinajstić information content (AvgIpc) is 3.93. The first-order chi connectivity index (χ1) is 33.7. The van der Waals surface area contributed by atoms with Crippen molar-refractivity contribution in [1.29, 1.82) is 0 Å². The fraction of sp³-hybridized carbons (Fsp3) is 0. The second-order valence-corrected chi connectivity index (χ2v) is 17.0. The van der Waals surface area contributed by atoms with Gasteiger partial charge in [0.2, 0.25) is 11.8 Å². The number of aromatic nitrogens is 2. The van der Waals surface area contributed by atoms with Gasteiger partial charge >= 0.3 is 0 Å². The van der Waals surface area contributed by atoms with Crippen LogP contribution in [0.3, 0.4) is 0 Å². The minimum absolute atomic E-state index is 0.493. The second kappa shape index (κ2) is 17.7. The van der Waals surface area contributed by atoms with Gasteiger partial charge in [-0.15, -0.1) is 10.2 Å². The van der Waals surface area contributed by atoms with Crippen molar-refractivity contribution in [1.82, 2.24) is 10.2 Å². The molecule has 0 amide bonds. The highest BCUT2D eigenvalue weighted by molar-refractivity contribution is 5.99. The lowest BCUT2D eigenvalue weighted by atomic mass is 9.89. The molecule has 4 heteroatoms. The fourth-order valence-corrected chi connectivity index (χ4v) is 9.54. The molecule has 0 spiro atoms. The molecule has 0 bridgehead atoms. The van der Waals surface area contributed by atoms with E-state index in [1.54, 1.807) is 0 Å². The predicted octanol–water partition coefficient (Wildman–Crippen LogP) is 17.5. The van der Waals surface area contributed by atoms with E-state index in [-0.39, 0.29) is 0 Å². The highest BCUT2D eigenvalue weighted by Crippen LogP contribution is 2.42. The van der Waals surface area contributed by atoms with E-state index in [1.165, 1.54) is 43.8 Å². The predicted molar refractivity (Wildman–Crippen MR) is 282 cm³/mol. The zero-order valence-corrected chi connectivity index (χ0v) is 37.1. The molecule has 0 N–H and O–H groups in total. The molecular formula is C64H43N3O. The van der Waals surface area contributed by atoms with E-state index in [2.05, 4.69) is 246 Å². The van der Waals surface area contributed by atoms with Crippen LogP contribution < -0.4 is 4.90 Å². The standard InChI is InChI=1S/C64H43N3O/c1-2-16-50(17-3-1)63-65-66-64(68-63)51-30-28-46(29-31-51)59-22-8-10-24-61(59)62-25-11-9-23-60(62)49-36-42-54(43-37-49)67(52-38-32-47(33-39-52)57-26-12-18-44-14-4-6-20-55(44)57)53-40-34-48(35-41-53)58-27-13-19-45-15-5-7-21-56(45)58/h1-43H. The molecule has 0 atom stereocenters. The molecule has 0 aliphatic heterocycles. The lowest BCUT2D eigenvalue weighted by Gasteiger charge is -2.26. The van der Waals surface area contributed by atoms with Crippen molar-refractivity contribution >= 4 is 38.6 Å². The Morgan fingerprint density at radius 1 is 0.235 bits per heavy atom. The van der Waals surface area contributed by atoms with Crippen LogP contribution in [0.5, 0.6) is 0 Å². The van der Waals surface area contributed by atoms with Crippen molar-refractivity contribution in [2.24, 2.45) is 0 Å². The van der Waals surface area contributed by atoms with Gasteiger partial charge in [-0.1, -0.05) is 200 Å². The van der Waals surface area contributed by atoms with Crippen molar-refractivity contribution in [3.63, 3.8) is 0 Å². The van der Waals surface area contributed by atoms with Crippen LogP contribution in [0.25, 0.3) is 100 Å². The van der Waals surface area contributed by atoms with Gasteiger partial charge in [-0.25, -0.2) is 0 Å². The van der Waals surface area contributed by atoms with Gasteiger partial charge in [-0.2, -0.15) is 0 Å². The van der Waals surface area contributed by atoms with Crippen LogP contribution in [0.1, 0.15) is 0 Å². The second-order valence-electron chi connectivity index (χ2n) is 17.0. The van der Waals surface area contributed by atoms with Crippen molar-refractivity contribution in [3.8, 4) is 78.5 Å². The molecule has 320 valence electrons. The van der Waals surface area contributed by atoms with Gasteiger partial charge in [0.05, 0.1) is 0 Å². The maximum atomic E-state index is 6.08. The Morgan fingerprint density at radius 3 is 1.00 bits per heavy atom.